The number of hydrogen-bond donors (Lipinski definition) is 2. The summed E-state index contributed by atoms with van der Waals surface area (Å²) in [5, 5.41) is 3.05. The Morgan fingerprint density at radius 1 is 1.07 bits per heavy atom. The summed E-state index contributed by atoms with van der Waals surface area (Å²) >= 11 is 0. The van der Waals surface area contributed by atoms with Gasteiger partial charge in [-0.25, -0.2) is 18.1 Å². The van der Waals surface area contributed by atoms with Gasteiger partial charge in [-0.1, -0.05) is 25.3 Å². The second kappa shape index (κ2) is 8.27. The molecular weight excluding hydrogens is 360 g/mol. The summed E-state index contributed by atoms with van der Waals surface area (Å²) < 4.78 is 27.1. The van der Waals surface area contributed by atoms with Crippen LogP contribution >= 0.6 is 0 Å². The molecular formula is C20H28N4O2S. The molecule has 3 rings (SSSR count). The van der Waals surface area contributed by atoms with Gasteiger partial charge in [0.15, 0.2) is 0 Å². The molecule has 0 aliphatic heterocycles. The fourth-order valence-electron chi connectivity index (χ4n) is 3.70. The maximum atomic E-state index is 12.3. The topological polar surface area (TPSA) is 74.3 Å². The maximum Gasteiger partial charge on any atom is 0.240 e. The first-order chi connectivity index (χ1) is 13.0. The van der Waals surface area contributed by atoms with Gasteiger partial charge in [0.25, 0.3) is 0 Å². The van der Waals surface area contributed by atoms with Gasteiger partial charge < -0.3 is 10.2 Å². The number of anilines is 2. The lowest BCUT2D eigenvalue weighted by molar-refractivity contribution is 0.428. The molecule has 0 saturated heterocycles. The van der Waals surface area contributed by atoms with E-state index in [0.29, 0.717) is 6.04 Å². The number of hydrogen-bond acceptors (Lipinski definition) is 5. The Bertz CT molecular complexity index is 893. The Balaban J connectivity index is 2.11. The standard InChI is InChI=1S/C20H28N4O2S/c1-21-20-11-7-10-18(23-20)17-14-16(27(25,26)22-2)12-13-19(17)24(3)15-8-5-4-6-9-15/h7,10-15,22H,4-6,8-9H2,1-3H3,(H,21,23). The minimum atomic E-state index is -3.52. The molecule has 0 radical (unpaired) electrons. The third-order valence-corrected chi connectivity index (χ3v) is 6.74. The summed E-state index contributed by atoms with van der Waals surface area (Å²) in [5.41, 5.74) is 2.60. The van der Waals surface area contributed by atoms with Crippen molar-refractivity contribution < 1.29 is 8.42 Å². The molecule has 1 heterocycles. The Morgan fingerprint density at radius 3 is 2.48 bits per heavy atom. The molecule has 1 fully saturated rings. The number of benzene rings is 1. The third kappa shape index (κ3) is 4.25. The van der Waals surface area contributed by atoms with Crippen molar-refractivity contribution in [1.29, 1.82) is 0 Å². The summed E-state index contributed by atoms with van der Waals surface area (Å²) in [6, 6.07) is 11.5. The number of rotatable bonds is 6. The van der Waals surface area contributed by atoms with Crippen molar-refractivity contribution in [2.75, 3.05) is 31.4 Å². The van der Waals surface area contributed by atoms with Gasteiger partial charge in [0.1, 0.15) is 5.82 Å². The van der Waals surface area contributed by atoms with Gasteiger partial charge in [0.05, 0.1) is 10.6 Å². The average Bonchev–Trinajstić information content (AvgIpc) is 2.73. The van der Waals surface area contributed by atoms with E-state index < -0.39 is 10.0 Å². The fourth-order valence-corrected chi connectivity index (χ4v) is 4.46. The number of nitrogens with zero attached hydrogens (tertiary/aromatic N) is 2. The molecule has 1 aliphatic carbocycles. The lowest BCUT2D eigenvalue weighted by atomic mass is 9.93. The van der Waals surface area contributed by atoms with E-state index in [1.165, 1.54) is 26.3 Å². The zero-order valence-electron chi connectivity index (χ0n) is 16.2. The van der Waals surface area contributed by atoms with Crippen molar-refractivity contribution in [3.63, 3.8) is 0 Å². The Morgan fingerprint density at radius 2 is 1.81 bits per heavy atom. The van der Waals surface area contributed by atoms with Gasteiger partial charge in [-0.3, -0.25) is 0 Å². The van der Waals surface area contributed by atoms with Crippen molar-refractivity contribution in [1.82, 2.24) is 9.71 Å². The number of pyridine rings is 1. The molecule has 1 saturated carbocycles. The van der Waals surface area contributed by atoms with Crippen molar-refractivity contribution in [3.05, 3.63) is 36.4 Å². The van der Waals surface area contributed by atoms with Crippen molar-refractivity contribution in [3.8, 4) is 11.3 Å². The molecule has 27 heavy (non-hydrogen) atoms. The van der Waals surface area contributed by atoms with Crippen LogP contribution in [-0.2, 0) is 10.0 Å². The van der Waals surface area contributed by atoms with Crippen LogP contribution in [0.25, 0.3) is 11.3 Å². The summed E-state index contributed by atoms with van der Waals surface area (Å²) in [7, 11) is 1.83. The quantitative estimate of drug-likeness (QED) is 0.793. The molecule has 0 bridgehead atoms. The minimum absolute atomic E-state index is 0.248. The van der Waals surface area contributed by atoms with E-state index in [1.54, 1.807) is 12.1 Å². The van der Waals surface area contributed by atoms with Crippen molar-refractivity contribution in [2.45, 2.75) is 43.0 Å². The minimum Gasteiger partial charge on any atom is -0.373 e. The highest BCUT2D eigenvalue weighted by Crippen LogP contribution is 2.35. The molecule has 1 aromatic heterocycles. The first-order valence-electron chi connectivity index (χ1n) is 9.42. The van der Waals surface area contributed by atoms with Crippen LogP contribution in [0.2, 0.25) is 0 Å². The molecule has 0 unspecified atom stereocenters. The molecule has 1 aromatic carbocycles. The summed E-state index contributed by atoms with van der Waals surface area (Å²) in [5.74, 6) is 0.751. The second-order valence-corrected chi connectivity index (χ2v) is 8.83. The molecule has 7 heteroatoms. The van der Waals surface area contributed by atoms with Crippen molar-refractivity contribution in [2.24, 2.45) is 0 Å². The van der Waals surface area contributed by atoms with Crippen LogP contribution in [0.5, 0.6) is 0 Å². The number of nitrogens with one attached hydrogen (secondary N) is 2. The zero-order chi connectivity index (χ0) is 19.4. The highest BCUT2D eigenvalue weighted by Gasteiger charge is 2.23. The van der Waals surface area contributed by atoms with Crippen LogP contribution in [0.1, 0.15) is 32.1 Å². The van der Waals surface area contributed by atoms with Gasteiger partial charge in [-0.05, 0) is 50.2 Å². The molecule has 0 amide bonds. The van der Waals surface area contributed by atoms with Crippen LogP contribution in [0.15, 0.2) is 41.3 Å². The molecule has 2 N–H and O–H groups in total. The van der Waals surface area contributed by atoms with E-state index in [2.05, 4.69) is 27.0 Å². The SMILES string of the molecule is CNc1cccc(-c2cc(S(=O)(=O)NC)ccc2N(C)C2CCCCC2)n1. The predicted molar refractivity (Wildman–Crippen MR) is 111 cm³/mol. The second-order valence-electron chi connectivity index (χ2n) is 6.95. The molecule has 1 aliphatic rings. The van der Waals surface area contributed by atoms with E-state index in [9.17, 15) is 8.42 Å². The Labute approximate surface area is 162 Å². The van der Waals surface area contributed by atoms with E-state index in [4.69, 9.17) is 0 Å². The largest absolute Gasteiger partial charge is 0.373 e. The fraction of sp³-hybridized carbons (Fsp3) is 0.450. The molecule has 2 aromatic rings. The first-order valence-corrected chi connectivity index (χ1v) is 10.9. The van der Waals surface area contributed by atoms with E-state index in [0.717, 1.165) is 35.6 Å². The van der Waals surface area contributed by atoms with Gasteiger partial charge in [0, 0.05) is 31.4 Å². The summed E-state index contributed by atoms with van der Waals surface area (Å²) in [6.45, 7) is 0. The maximum absolute atomic E-state index is 12.3. The smallest absolute Gasteiger partial charge is 0.240 e. The number of aromatic nitrogens is 1. The third-order valence-electron chi connectivity index (χ3n) is 5.33. The lowest BCUT2D eigenvalue weighted by Crippen LogP contribution is -2.33. The normalized spacial score (nSPS) is 15.5. The molecule has 0 spiro atoms. The van der Waals surface area contributed by atoms with Gasteiger partial charge in [-0.2, -0.15) is 0 Å². The van der Waals surface area contributed by atoms with E-state index in [1.807, 2.05) is 31.3 Å². The first kappa shape index (κ1) is 19.6. The van der Waals surface area contributed by atoms with E-state index in [-0.39, 0.29) is 4.90 Å². The molecule has 146 valence electrons. The number of sulfonamides is 1. The highest BCUT2D eigenvalue weighted by molar-refractivity contribution is 7.89. The van der Waals surface area contributed by atoms with Gasteiger partial charge in [0.2, 0.25) is 10.0 Å². The summed E-state index contributed by atoms with van der Waals surface area (Å²) in [6.07, 6.45) is 6.10. The summed E-state index contributed by atoms with van der Waals surface area (Å²) in [4.78, 5) is 7.18. The van der Waals surface area contributed by atoms with Crippen LogP contribution in [-0.4, -0.2) is 40.6 Å². The van der Waals surface area contributed by atoms with Crippen LogP contribution in [0, 0.1) is 0 Å². The van der Waals surface area contributed by atoms with E-state index >= 15 is 0 Å². The van der Waals surface area contributed by atoms with Crippen LogP contribution in [0.3, 0.4) is 0 Å². The van der Waals surface area contributed by atoms with Crippen LogP contribution in [0.4, 0.5) is 11.5 Å². The van der Waals surface area contributed by atoms with Gasteiger partial charge >= 0.3 is 0 Å². The molecule has 0 atom stereocenters. The lowest BCUT2D eigenvalue weighted by Gasteiger charge is -2.34. The molecule has 6 nitrogen and oxygen atoms in total. The Kier molecular flexibility index (Phi) is 6.01. The predicted octanol–water partition coefficient (Wildman–Crippen LogP) is 3.47. The Hall–Kier alpha value is -2.12. The van der Waals surface area contributed by atoms with Crippen molar-refractivity contribution >= 4 is 21.5 Å². The van der Waals surface area contributed by atoms with Crippen LogP contribution < -0.4 is 14.9 Å². The van der Waals surface area contributed by atoms with Gasteiger partial charge in [-0.15, -0.1) is 0 Å². The highest BCUT2D eigenvalue weighted by atomic mass is 32.2. The average molecular weight is 389 g/mol. The zero-order valence-corrected chi connectivity index (χ0v) is 17.0. The monoisotopic (exact) mass is 388 g/mol.